The zero-order chi connectivity index (χ0) is 21.1. The van der Waals surface area contributed by atoms with E-state index < -0.39 is 12.0 Å². The molecule has 2 aromatic carbocycles. The van der Waals surface area contributed by atoms with Crippen LogP contribution >= 0.6 is 11.8 Å². The highest BCUT2D eigenvalue weighted by molar-refractivity contribution is 8.18. The Morgan fingerprint density at radius 3 is 2.57 bits per heavy atom. The third-order valence-electron chi connectivity index (χ3n) is 4.40. The molecule has 8 heteroatoms. The summed E-state index contributed by atoms with van der Waals surface area (Å²) in [4.78, 5) is 27.6. The monoisotopic (exact) mass is 422 g/mol. The molecule has 1 fully saturated rings. The number of nitrogens with one attached hydrogen (secondary N) is 1. The van der Waals surface area contributed by atoms with Gasteiger partial charge in [0.05, 0.1) is 4.91 Å². The van der Waals surface area contributed by atoms with Gasteiger partial charge in [-0.25, -0.2) is 4.98 Å². The van der Waals surface area contributed by atoms with Gasteiger partial charge in [-0.3, -0.25) is 14.9 Å². The van der Waals surface area contributed by atoms with Gasteiger partial charge in [0.2, 0.25) is 5.89 Å². The summed E-state index contributed by atoms with van der Waals surface area (Å²) in [6.07, 6.45) is 0.686. The molecule has 4 rings (SSSR count). The molecule has 0 radical (unpaired) electrons. The van der Waals surface area contributed by atoms with Crippen molar-refractivity contribution in [3.8, 4) is 17.2 Å². The fraction of sp³-hybridized carbons (Fsp3) is 0.136. The number of imide groups is 1. The maximum absolute atomic E-state index is 11.6. The first-order valence-electron chi connectivity index (χ1n) is 9.18. The molecule has 30 heavy (non-hydrogen) atoms. The number of benzene rings is 2. The van der Waals surface area contributed by atoms with Crippen LogP contribution in [0.4, 0.5) is 4.79 Å². The molecule has 1 aromatic heterocycles. The van der Waals surface area contributed by atoms with Gasteiger partial charge in [-0.05, 0) is 54.6 Å². The maximum atomic E-state index is 11.6. The summed E-state index contributed by atoms with van der Waals surface area (Å²) in [6, 6.07) is 16.4. The average molecular weight is 422 g/mol. The first kappa shape index (κ1) is 19.9. The molecule has 0 aliphatic carbocycles. The number of aromatic nitrogens is 1. The highest BCUT2D eigenvalue weighted by Gasteiger charge is 2.25. The molecular weight excluding hydrogens is 404 g/mol. The Kier molecular flexibility index (Phi) is 5.69. The smallest absolute Gasteiger partial charge is 0.290 e. The first-order chi connectivity index (χ1) is 14.5. The second-order valence-electron chi connectivity index (χ2n) is 6.57. The van der Waals surface area contributed by atoms with E-state index in [4.69, 9.17) is 9.15 Å². The van der Waals surface area contributed by atoms with Crippen LogP contribution in [-0.2, 0) is 4.79 Å². The van der Waals surface area contributed by atoms with Crippen LogP contribution in [0.1, 0.15) is 23.1 Å². The van der Waals surface area contributed by atoms with Crippen LogP contribution in [0.15, 0.2) is 63.9 Å². The predicted molar refractivity (Wildman–Crippen MR) is 113 cm³/mol. The molecule has 1 atom stereocenters. The van der Waals surface area contributed by atoms with Gasteiger partial charge in [0, 0.05) is 5.56 Å². The normalized spacial score (nSPS) is 16.0. The third kappa shape index (κ3) is 4.45. The van der Waals surface area contributed by atoms with Crippen molar-refractivity contribution in [3.05, 3.63) is 76.5 Å². The van der Waals surface area contributed by atoms with E-state index in [1.54, 1.807) is 37.3 Å². The fourth-order valence-corrected chi connectivity index (χ4v) is 3.59. The van der Waals surface area contributed by atoms with Crippen LogP contribution < -0.4 is 10.1 Å². The number of hydrogen-bond acceptors (Lipinski definition) is 7. The molecule has 7 nitrogen and oxygen atoms in total. The standard InChI is InChI=1S/C22H18N2O5S/c1-13-19(23-21(29-13)15-5-3-2-4-6-15)17(25)12-28-16-9-7-14(8-10-16)11-18-20(26)24-22(27)30-18/h2-11,17,25H,12H2,1H3,(H,24,26,27)/b18-11+. The van der Waals surface area contributed by atoms with Gasteiger partial charge in [0.1, 0.15) is 29.9 Å². The van der Waals surface area contributed by atoms with E-state index in [9.17, 15) is 14.7 Å². The topological polar surface area (TPSA) is 102 Å². The number of thioether (sulfide) groups is 1. The zero-order valence-corrected chi connectivity index (χ0v) is 16.8. The molecule has 2 heterocycles. The Balaban J connectivity index is 1.39. The third-order valence-corrected chi connectivity index (χ3v) is 5.21. The average Bonchev–Trinajstić information content (AvgIpc) is 3.29. The number of hydrogen-bond donors (Lipinski definition) is 2. The van der Waals surface area contributed by atoms with Crippen molar-refractivity contribution >= 4 is 29.0 Å². The minimum Gasteiger partial charge on any atom is -0.490 e. The molecule has 1 aliphatic rings. The minimum atomic E-state index is -0.947. The van der Waals surface area contributed by atoms with E-state index in [0.717, 1.165) is 22.9 Å². The number of oxazole rings is 1. The van der Waals surface area contributed by atoms with Crippen molar-refractivity contribution < 1.29 is 23.8 Å². The van der Waals surface area contributed by atoms with Gasteiger partial charge in [0.25, 0.3) is 11.1 Å². The van der Waals surface area contributed by atoms with Crippen molar-refractivity contribution in [1.82, 2.24) is 10.3 Å². The largest absolute Gasteiger partial charge is 0.490 e. The van der Waals surface area contributed by atoms with Gasteiger partial charge >= 0.3 is 0 Å². The molecular formula is C22H18N2O5S. The van der Waals surface area contributed by atoms with Gasteiger partial charge in [0.15, 0.2) is 0 Å². The van der Waals surface area contributed by atoms with Gasteiger partial charge in [-0.2, -0.15) is 0 Å². The maximum Gasteiger partial charge on any atom is 0.290 e. The highest BCUT2D eigenvalue weighted by atomic mass is 32.2. The lowest BCUT2D eigenvalue weighted by atomic mass is 10.2. The fourth-order valence-electron chi connectivity index (χ4n) is 2.91. The van der Waals surface area contributed by atoms with Crippen LogP contribution in [-0.4, -0.2) is 27.8 Å². The Labute approximate surface area is 176 Å². The van der Waals surface area contributed by atoms with Crippen molar-refractivity contribution in [1.29, 1.82) is 0 Å². The van der Waals surface area contributed by atoms with E-state index in [2.05, 4.69) is 10.3 Å². The second kappa shape index (κ2) is 8.56. The number of carbonyl (C=O) groups is 2. The Morgan fingerprint density at radius 2 is 1.90 bits per heavy atom. The van der Waals surface area contributed by atoms with Gasteiger partial charge in [-0.15, -0.1) is 0 Å². The van der Waals surface area contributed by atoms with E-state index in [-0.39, 0.29) is 11.8 Å². The van der Waals surface area contributed by atoms with Crippen LogP contribution in [0.25, 0.3) is 17.5 Å². The Hall–Kier alpha value is -3.36. The van der Waals surface area contributed by atoms with E-state index in [1.165, 1.54) is 0 Å². The molecule has 0 bridgehead atoms. The molecule has 1 saturated heterocycles. The number of aryl methyl sites for hydroxylation is 1. The van der Waals surface area contributed by atoms with Crippen LogP contribution in [0, 0.1) is 6.92 Å². The summed E-state index contributed by atoms with van der Waals surface area (Å²) in [5, 5.41) is 12.3. The van der Waals surface area contributed by atoms with Crippen molar-refractivity contribution in [3.63, 3.8) is 0 Å². The zero-order valence-electron chi connectivity index (χ0n) is 16.0. The molecule has 2 amide bonds. The lowest BCUT2D eigenvalue weighted by Gasteiger charge is -2.11. The number of aliphatic hydroxyl groups is 1. The summed E-state index contributed by atoms with van der Waals surface area (Å²) < 4.78 is 11.3. The number of carbonyl (C=O) groups excluding carboxylic acids is 2. The summed E-state index contributed by atoms with van der Waals surface area (Å²) >= 11 is 0.868. The Bertz CT molecular complexity index is 1110. The van der Waals surface area contributed by atoms with E-state index >= 15 is 0 Å². The quantitative estimate of drug-likeness (QED) is 0.577. The second-order valence-corrected chi connectivity index (χ2v) is 7.59. The summed E-state index contributed by atoms with van der Waals surface area (Å²) in [5.41, 5.74) is 2.03. The van der Waals surface area contributed by atoms with Crippen LogP contribution in [0.2, 0.25) is 0 Å². The van der Waals surface area contributed by atoms with Gasteiger partial charge in [-0.1, -0.05) is 30.3 Å². The molecule has 2 N–H and O–H groups in total. The number of ether oxygens (including phenoxy) is 1. The number of amides is 2. The first-order valence-corrected chi connectivity index (χ1v) is 10.00. The van der Waals surface area contributed by atoms with Crippen LogP contribution in [0.3, 0.4) is 0 Å². The number of aliphatic hydroxyl groups excluding tert-OH is 1. The molecule has 152 valence electrons. The molecule has 1 unspecified atom stereocenters. The summed E-state index contributed by atoms with van der Waals surface area (Å²) in [5.74, 6) is 1.15. The SMILES string of the molecule is Cc1oc(-c2ccccc2)nc1C(O)COc1ccc(/C=C2/SC(=O)NC2=O)cc1. The molecule has 3 aromatic rings. The Morgan fingerprint density at radius 1 is 1.17 bits per heavy atom. The van der Waals surface area contributed by atoms with E-state index in [0.29, 0.717) is 28.0 Å². The van der Waals surface area contributed by atoms with Crippen LogP contribution in [0.5, 0.6) is 5.75 Å². The van der Waals surface area contributed by atoms with Gasteiger partial charge < -0.3 is 14.3 Å². The lowest BCUT2D eigenvalue weighted by Crippen LogP contribution is -2.17. The summed E-state index contributed by atoms with van der Waals surface area (Å²) in [6.45, 7) is 1.76. The minimum absolute atomic E-state index is 0.00873. The van der Waals surface area contributed by atoms with Crippen molar-refractivity contribution in [2.24, 2.45) is 0 Å². The number of nitrogens with zero attached hydrogens (tertiary/aromatic N) is 1. The highest BCUT2D eigenvalue weighted by Crippen LogP contribution is 2.27. The van der Waals surface area contributed by atoms with E-state index in [1.807, 2.05) is 30.3 Å². The lowest BCUT2D eigenvalue weighted by molar-refractivity contribution is -0.115. The van der Waals surface area contributed by atoms with Crippen molar-refractivity contribution in [2.75, 3.05) is 6.61 Å². The molecule has 0 saturated carbocycles. The predicted octanol–water partition coefficient (Wildman–Crippen LogP) is 4.09. The summed E-state index contributed by atoms with van der Waals surface area (Å²) in [7, 11) is 0. The molecule has 0 spiro atoms. The molecule has 1 aliphatic heterocycles. The van der Waals surface area contributed by atoms with Crippen molar-refractivity contribution in [2.45, 2.75) is 13.0 Å². The number of rotatable bonds is 6.